The van der Waals surface area contributed by atoms with Gasteiger partial charge in [0.2, 0.25) is 0 Å². The summed E-state index contributed by atoms with van der Waals surface area (Å²) in [6, 6.07) is 7.98. The summed E-state index contributed by atoms with van der Waals surface area (Å²) in [5.74, 6) is -0.260. The normalized spacial score (nSPS) is 11.4. The lowest BCUT2D eigenvalue weighted by molar-refractivity contribution is -0.110. The average molecular weight is 367 g/mol. The number of amides is 1. The van der Waals surface area contributed by atoms with Gasteiger partial charge in [-0.15, -0.1) is 0 Å². The van der Waals surface area contributed by atoms with Gasteiger partial charge in [0.25, 0.3) is 5.91 Å². The van der Waals surface area contributed by atoms with Crippen molar-refractivity contribution in [2.75, 3.05) is 12.4 Å². The summed E-state index contributed by atoms with van der Waals surface area (Å²) >= 11 is 0. The van der Waals surface area contributed by atoms with Crippen molar-refractivity contribution in [3.8, 4) is 11.5 Å². The first-order chi connectivity index (χ1) is 13.0. The van der Waals surface area contributed by atoms with Crippen molar-refractivity contribution in [3.63, 3.8) is 0 Å². The molecule has 0 aliphatic heterocycles. The van der Waals surface area contributed by atoms with Crippen molar-refractivity contribution in [1.82, 2.24) is 4.98 Å². The number of nitrogens with one attached hydrogen (secondary N) is 1. The van der Waals surface area contributed by atoms with Crippen LogP contribution in [0.5, 0.6) is 11.5 Å². The number of carboxylic acids is 1. The lowest BCUT2D eigenvalue weighted by atomic mass is 10.1. The number of aliphatic imine (C=N–C) groups is 1. The van der Waals surface area contributed by atoms with Crippen molar-refractivity contribution >= 4 is 23.4 Å². The second kappa shape index (κ2) is 9.28. The van der Waals surface area contributed by atoms with Crippen molar-refractivity contribution in [1.29, 1.82) is 0 Å². The van der Waals surface area contributed by atoms with Crippen LogP contribution in [0.3, 0.4) is 0 Å². The van der Waals surface area contributed by atoms with E-state index in [0.717, 1.165) is 6.42 Å². The van der Waals surface area contributed by atoms with Crippen LogP contribution in [0.1, 0.15) is 29.3 Å². The summed E-state index contributed by atoms with van der Waals surface area (Å²) in [7, 11) is 1.54. The Balaban J connectivity index is 2.19. The van der Waals surface area contributed by atoms with E-state index in [1.165, 1.54) is 12.3 Å². The van der Waals surface area contributed by atoms with Crippen LogP contribution in [0.4, 0.5) is 5.82 Å². The van der Waals surface area contributed by atoms with Crippen LogP contribution in [0, 0.1) is 6.92 Å². The number of carboxylic acid groups (broad SMARTS) is 1. The lowest BCUT2D eigenvalue weighted by Crippen LogP contribution is -2.21. The molecule has 7 heteroatoms. The number of anilines is 1. The van der Waals surface area contributed by atoms with Crippen LogP contribution in [0.2, 0.25) is 0 Å². The summed E-state index contributed by atoms with van der Waals surface area (Å²) in [6.07, 6.45) is 5.78. The van der Waals surface area contributed by atoms with Crippen LogP contribution < -0.4 is 10.1 Å². The Bertz CT molecular complexity index is 904. The van der Waals surface area contributed by atoms with E-state index in [9.17, 15) is 14.7 Å². The Labute approximate surface area is 157 Å². The fourth-order valence-electron chi connectivity index (χ4n) is 2.29. The van der Waals surface area contributed by atoms with Crippen LogP contribution in [0.15, 0.2) is 53.7 Å². The first kappa shape index (κ1) is 19.8. The van der Waals surface area contributed by atoms with E-state index in [1.807, 2.05) is 13.0 Å². The Kier molecular flexibility index (Phi) is 6.82. The van der Waals surface area contributed by atoms with E-state index in [2.05, 4.69) is 15.3 Å². The van der Waals surface area contributed by atoms with Gasteiger partial charge in [-0.05, 0) is 37.6 Å². The third kappa shape index (κ3) is 5.24. The predicted molar refractivity (Wildman–Crippen MR) is 104 cm³/mol. The number of hydrogen-bond acceptors (Lipinski definition) is 5. The minimum absolute atomic E-state index is 0.168. The zero-order chi connectivity index (χ0) is 19.8. The van der Waals surface area contributed by atoms with Gasteiger partial charge in [-0.3, -0.25) is 9.79 Å². The maximum absolute atomic E-state index is 12.3. The zero-order valence-corrected chi connectivity index (χ0v) is 15.4. The molecule has 0 aliphatic carbocycles. The number of benzene rings is 1. The van der Waals surface area contributed by atoms with Crippen LogP contribution in [0.25, 0.3) is 0 Å². The molecule has 0 bridgehead atoms. The summed E-state index contributed by atoms with van der Waals surface area (Å²) < 4.78 is 5.78. The third-order valence-electron chi connectivity index (χ3n) is 3.70. The topological polar surface area (TPSA) is 101 Å². The van der Waals surface area contributed by atoms with Crippen molar-refractivity contribution < 1.29 is 19.4 Å². The molecule has 0 atom stereocenters. The predicted octanol–water partition coefficient (Wildman–Crippen LogP) is 3.86. The molecule has 0 saturated carbocycles. The number of aromatic nitrogens is 1. The van der Waals surface area contributed by atoms with E-state index in [1.54, 1.807) is 44.3 Å². The average Bonchev–Trinajstić information content (AvgIpc) is 2.64. The molecule has 1 aromatic heterocycles. The number of nitrogens with zero attached hydrogens (tertiary/aromatic N) is 2. The Hall–Kier alpha value is -3.48. The van der Waals surface area contributed by atoms with E-state index in [0.29, 0.717) is 22.9 Å². The molecule has 0 fully saturated rings. The molecule has 2 aromatic rings. The largest absolute Gasteiger partial charge is 0.478 e. The molecule has 0 radical (unpaired) electrons. The number of allylic oxidation sites excluding steroid dienone is 1. The lowest BCUT2D eigenvalue weighted by Gasteiger charge is -2.11. The monoisotopic (exact) mass is 367 g/mol. The minimum Gasteiger partial charge on any atom is -0.478 e. The molecule has 2 rings (SSSR count). The van der Waals surface area contributed by atoms with E-state index >= 15 is 0 Å². The van der Waals surface area contributed by atoms with Crippen molar-refractivity contribution in [2.24, 2.45) is 4.99 Å². The molecule has 0 aliphatic rings. The number of hydrogen-bond donors (Lipinski definition) is 2. The summed E-state index contributed by atoms with van der Waals surface area (Å²) in [5, 5.41) is 11.9. The Morgan fingerprint density at radius 3 is 2.78 bits per heavy atom. The molecule has 0 unspecified atom stereocenters. The second-order valence-electron chi connectivity index (χ2n) is 5.59. The molecular weight excluding hydrogens is 346 g/mol. The molecule has 0 saturated heterocycles. The number of rotatable bonds is 7. The molecule has 2 N–H and O–H groups in total. The van der Waals surface area contributed by atoms with Crippen LogP contribution in [-0.2, 0) is 4.79 Å². The standard InChI is InChI=1S/C20H21N3O4/c1-4-5-8-16(21-3)19(24)23-18-12-14(10-11-22-18)27-17-9-6-7-15(13(17)2)20(25)26/h5-12H,4H2,1-3H3,(H,25,26)(H,22,23,24)/b8-5-,21-16?. The number of carbonyl (C=O) groups is 2. The zero-order valence-electron chi connectivity index (χ0n) is 15.4. The van der Waals surface area contributed by atoms with Gasteiger partial charge in [0.15, 0.2) is 0 Å². The van der Waals surface area contributed by atoms with Gasteiger partial charge in [0.05, 0.1) is 5.56 Å². The molecule has 7 nitrogen and oxygen atoms in total. The highest BCUT2D eigenvalue weighted by molar-refractivity contribution is 6.47. The highest BCUT2D eigenvalue weighted by Gasteiger charge is 2.13. The Morgan fingerprint density at radius 1 is 1.33 bits per heavy atom. The fourth-order valence-corrected chi connectivity index (χ4v) is 2.29. The molecule has 27 heavy (non-hydrogen) atoms. The van der Waals surface area contributed by atoms with Gasteiger partial charge in [-0.2, -0.15) is 0 Å². The molecular formula is C20H21N3O4. The molecule has 1 heterocycles. The smallest absolute Gasteiger partial charge is 0.336 e. The van der Waals surface area contributed by atoms with Gasteiger partial charge in [-0.1, -0.05) is 19.1 Å². The van der Waals surface area contributed by atoms with Gasteiger partial charge in [0, 0.05) is 24.9 Å². The molecule has 0 spiro atoms. The van der Waals surface area contributed by atoms with Gasteiger partial charge < -0.3 is 15.2 Å². The first-order valence-corrected chi connectivity index (χ1v) is 8.37. The van der Waals surface area contributed by atoms with E-state index in [-0.39, 0.29) is 17.2 Å². The maximum Gasteiger partial charge on any atom is 0.336 e. The van der Waals surface area contributed by atoms with Crippen molar-refractivity contribution in [2.45, 2.75) is 20.3 Å². The molecule has 140 valence electrons. The van der Waals surface area contributed by atoms with Crippen LogP contribution in [-0.4, -0.2) is 34.7 Å². The SMILES string of the molecule is CC/C=C\C(=NC)C(=O)Nc1cc(Oc2cccc(C(=O)O)c2C)ccn1. The van der Waals surface area contributed by atoms with Crippen molar-refractivity contribution in [3.05, 3.63) is 59.8 Å². The number of pyridine rings is 1. The number of aromatic carboxylic acids is 1. The van der Waals surface area contributed by atoms with E-state index < -0.39 is 5.97 Å². The third-order valence-corrected chi connectivity index (χ3v) is 3.70. The number of carbonyl (C=O) groups excluding carboxylic acids is 1. The highest BCUT2D eigenvalue weighted by Crippen LogP contribution is 2.28. The minimum atomic E-state index is -1.02. The highest BCUT2D eigenvalue weighted by atomic mass is 16.5. The number of ether oxygens (including phenoxy) is 1. The Morgan fingerprint density at radius 2 is 2.11 bits per heavy atom. The summed E-state index contributed by atoms with van der Waals surface area (Å²) in [6.45, 7) is 3.64. The molecule has 1 aromatic carbocycles. The van der Waals surface area contributed by atoms with Gasteiger partial charge in [-0.25, -0.2) is 9.78 Å². The van der Waals surface area contributed by atoms with E-state index in [4.69, 9.17) is 4.74 Å². The molecule has 1 amide bonds. The van der Waals surface area contributed by atoms with Crippen LogP contribution >= 0.6 is 0 Å². The van der Waals surface area contributed by atoms with Gasteiger partial charge >= 0.3 is 5.97 Å². The fraction of sp³-hybridized carbons (Fsp3) is 0.200. The second-order valence-corrected chi connectivity index (χ2v) is 5.59. The first-order valence-electron chi connectivity index (χ1n) is 8.37. The quantitative estimate of drug-likeness (QED) is 0.724. The summed E-state index contributed by atoms with van der Waals surface area (Å²) in [5.41, 5.74) is 0.967. The summed E-state index contributed by atoms with van der Waals surface area (Å²) in [4.78, 5) is 31.5. The van der Waals surface area contributed by atoms with Gasteiger partial charge in [0.1, 0.15) is 23.0 Å². The maximum atomic E-state index is 12.3.